The number of benzene rings is 1. The molecule has 6 heteroatoms. The van der Waals surface area contributed by atoms with Crippen molar-refractivity contribution < 1.29 is 9.53 Å². The van der Waals surface area contributed by atoms with Crippen LogP contribution in [0.25, 0.3) is 0 Å². The van der Waals surface area contributed by atoms with E-state index in [2.05, 4.69) is 46.9 Å². The molecule has 2 aromatic rings. The molecule has 0 aliphatic heterocycles. The number of aromatic nitrogens is 2. The van der Waals surface area contributed by atoms with Gasteiger partial charge in [-0.05, 0) is 67.1 Å². The average Bonchev–Trinajstić information content (AvgIpc) is 2.97. The Labute approximate surface area is 144 Å². The fraction of sp³-hybridized carbons (Fsp3) is 0.375. The first kappa shape index (κ1) is 16.8. The van der Waals surface area contributed by atoms with Crippen LogP contribution in [0.15, 0.2) is 36.5 Å². The average molecular weight is 413 g/mol. The van der Waals surface area contributed by atoms with Gasteiger partial charge < -0.3 is 10.1 Å². The molecule has 1 aromatic heterocycles. The molecule has 22 heavy (non-hydrogen) atoms. The molecule has 0 saturated heterocycles. The second-order valence-corrected chi connectivity index (χ2v) is 6.39. The first-order valence-electron chi connectivity index (χ1n) is 7.28. The van der Waals surface area contributed by atoms with Crippen molar-refractivity contribution >= 4 is 34.3 Å². The highest BCUT2D eigenvalue weighted by Crippen LogP contribution is 2.16. The highest BCUT2D eigenvalue weighted by Gasteiger charge is 2.16. The van der Waals surface area contributed by atoms with Gasteiger partial charge in [0.15, 0.2) is 11.9 Å². The van der Waals surface area contributed by atoms with Crippen LogP contribution in [0.2, 0.25) is 0 Å². The van der Waals surface area contributed by atoms with E-state index >= 15 is 0 Å². The predicted octanol–water partition coefficient (Wildman–Crippen LogP) is 3.86. The van der Waals surface area contributed by atoms with Gasteiger partial charge in [-0.25, -0.2) is 0 Å². The lowest BCUT2D eigenvalue weighted by atomic mass is 10.3. The minimum Gasteiger partial charge on any atom is -0.481 e. The highest BCUT2D eigenvalue weighted by atomic mass is 127. The molecule has 118 valence electrons. The van der Waals surface area contributed by atoms with Gasteiger partial charge in [0.2, 0.25) is 0 Å². The third-order valence-corrected chi connectivity index (χ3v) is 4.12. The summed E-state index contributed by atoms with van der Waals surface area (Å²) in [6.07, 6.45) is 2.27. The molecule has 1 amide bonds. The van der Waals surface area contributed by atoms with E-state index in [1.807, 2.05) is 35.1 Å². The number of nitrogens with one attached hydrogen (secondary N) is 1. The third-order valence-electron chi connectivity index (χ3n) is 3.40. The first-order chi connectivity index (χ1) is 10.5. The molecular weight excluding hydrogens is 393 g/mol. The number of hydrogen-bond donors (Lipinski definition) is 1. The summed E-state index contributed by atoms with van der Waals surface area (Å²) >= 11 is 2.22. The smallest absolute Gasteiger partial charge is 0.266 e. The molecule has 1 aromatic carbocycles. The van der Waals surface area contributed by atoms with Crippen LogP contribution in [0, 0.1) is 3.57 Å². The quantitative estimate of drug-likeness (QED) is 0.732. The van der Waals surface area contributed by atoms with Gasteiger partial charge in [-0.1, -0.05) is 6.92 Å². The molecule has 0 aliphatic carbocycles. The Kier molecular flexibility index (Phi) is 5.82. The molecule has 0 spiro atoms. The maximum absolute atomic E-state index is 12.1. The summed E-state index contributed by atoms with van der Waals surface area (Å²) in [7, 11) is 0. The number of ether oxygens (including phenoxy) is 1. The Morgan fingerprint density at radius 1 is 1.32 bits per heavy atom. The topological polar surface area (TPSA) is 56.2 Å². The second-order valence-electron chi connectivity index (χ2n) is 5.14. The van der Waals surface area contributed by atoms with E-state index in [-0.39, 0.29) is 5.91 Å². The summed E-state index contributed by atoms with van der Waals surface area (Å²) in [5.74, 6) is 1.00. The molecule has 0 saturated carbocycles. The van der Waals surface area contributed by atoms with E-state index < -0.39 is 6.10 Å². The summed E-state index contributed by atoms with van der Waals surface area (Å²) < 4.78 is 8.60. The highest BCUT2D eigenvalue weighted by molar-refractivity contribution is 14.1. The molecular formula is C16H20IN3O2. The zero-order valence-corrected chi connectivity index (χ0v) is 15.1. The molecule has 0 fully saturated rings. The van der Waals surface area contributed by atoms with Gasteiger partial charge in [-0.2, -0.15) is 5.10 Å². The molecule has 1 N–H and O–H groups in total. The van der Waals surface area contributed by atoms with Crippen molar-refractivity contribution in [2.75, 3.05) is 5.32 Å². The Morgan fingerprint density at radius 3 is 2.64 bits per heavy atom. The van der Waals surface area contributed by atoms with E-state index in [9.17, 15) is 4.79 Å². The summed E-state index contributed by atoms with van der Waals surface area (Å²) in [6, 6.07) is 9.68. The molecule has 5 nitrogen and oxygen atoms in total. The fourth-order valence-corrected chi connectivity index (χ4v) is 2.20. The molecule has 0 bridgehead atoms. The van der Waals surface area contributed by atoms with Crippen LogP contribution >= 0.6 is 22.6 Å². The van der Waals surface area contributed by atoms with Crippen LogP contribution in [-0.2, 0) is 4.79 Å². The Hall–Kier alpha value is -1.57. The maximum atomic E-state index is 12.1. The number of nitrogens with zero attached hydrogens (tertiary/aromatic N) is 2. The van der Waals surface area contributed by atoms with Gasteiger partial charge in [0, 0.05) is 21.9 Å². The van der Waals surface area contributed by atoms with Crippen molar-refractivity contribution in [2.24, 2.45) is 0 Å². The number of halogens is 1. The molecule has 2 unspecified atom stereocenters. The number of hydrogen-bond acceptors (Lipinski definition) is 3. The first-order valence-corrected chi connectivity index (χ1v) is 8.35. The summed E-state index contributed by atoms with van der Waals surface area (Å²) in [5, 5.41) is 7.13. The van der Waals surface area contributed by atoms with Crippen LogP contribution in [0.5, 0.6) is 5.75 Å². The zero-order chi connectivity index (χ0) is 16.1. The Morgan fingerprint density at radius 2 is 2.00 bits per heavy atom. The number of rotatable bonds is 6. The van der Waals surface area contributed by atoms with E-state index in [1.165, 1.54) is 0 Å². The van der Waals surface area contributed by atoms with E-state index in [4.69, 9.17) is 4.74 Å². The lowest BCUT2D eigenvalue weighted by Crippen LogP contribution is -2.30. The van der Waals surface area contributed by atoms with Crippen LogP contribution in [-0.4, -0.2) is 21.8 Å². The van der Waals surface area contributed by atoms with Crippen LogP contribution in [0.3, 0.4) is 0 Å². The van der Waals surface area contributed by atoms with Crippen molar-refractivity contribution in [3.63, 3.8) is 0 Å². The third kappa shape index (κ3) is 4.46. The lowest BCUT2D eigenvalue weighted by molar-refractivity contribution is -0.122. The maximum Gasteiger partial charge on any atom is 0.266 e. The van der Waals surface area contributed by atoms with Gasteiger partial charge in [0.05, 0.1) is 0 Å². The molecule has 1 heterocycles. The van der Waals surface area contributed by atoms with Crippen LogP contribution in [0.1, 0.15) is 33.2 Å². The largest absolute Gasteiger partial charge is 0.481 e. The Balaban J connectivity index is 1.93. The summed E-state index contributed by atoms with van der Waals surface area (Å²) in [6.45, 7) is 5.90. The molecule has 0 radical (unpaired) electrons. The fourth-order valence-electron chi connectivity index (χ4n) is 1.84. The number of amides is 1. The van der Waals surface area contributed by atoms with E-state index in [0.717, 1.165) is 9.99 Å². The number of carbonyl (C=O) groups excluding carboxylic acids is 1. The standard InChI is InChI=1S/C16H20IN3O2/c1-4-11(2)20-10-9-15(19-20)18-16(21)12(3)22-14-7-5-13(17)6-8-14/h5-12H,4H2,1-3H3,(H,18,19,21). The molecule has 0 aliphatic rings. The predicted molar refractivity (Wildman–Crippen MR) is 95.1 cm³/mol. The van der Waals surface area contributed by atoms with Crippen LogP contribution in [0.4, 0.5) is 5.82 Å². The van der Waals surface area contributed by atoms with Crippen molar-refractivity contribution in [1.29, 1.82) is 0 Å². The van der Waals surface area contributed by atoms with Gasteiger partial charge in [-0.3, -0.25) is 9.48 Å². The summed E-state index contributed by atoms with van der Waals surface area (Å²) in [5.41, 5.74) is 0. The van der Waals surface area contributed by atoms with Crippen molar-refractivity contribution in [1.82, 2.24) is 9.78 Å². The van der Waals surface area contributed by atoms with E-state index in [0.29, 0.717) is 17.6 Å². The number of carbonyl (C=O) groups is 1. The monoisotopic (exact) mass is 413 g/mol. The van der Waals surface area contributed by atoms with Gasteiger partial charge in [0.1, 0.15) is 5.75 Å². The second kappa shape index (κ2) is 7.62. The van der Waals surface area contributed by atoms with Crippen molar-refractivity contribution in [2.45, 2.75) is 39.3 Å². The van der Waals surface area contributed by atoms with Crippen molar-refractivity contribution in [3.05, 3.63) is 40.1 Å². The molecule has 2 rings (SSSR count). The van der Waals surface area contributed by atoms with Gasteiger partial charge >= 0.3 is 0 Å². The SMILES string of the molecule is CCC(C)n1ccc(NC(=O)C(C)Oc2ccc(I)cc2)n1. The zero-order valence-electron chi connectivity index (χ0n) is 12.9. The minimum atomic E-state index is -0.589. The van der Waals surface area contributed by atoms with E-state index in [1.54, 1.807) is 13.0 Å². The molecule has 2 atom stereocenters. The lowest BCUT2D eigenvalue weighted by Gasteiger charge is -2.14. The summed E-state index contributed by atoms with van der Waals surface area (Å²) in [4.78, 5) is 12.1. The minimum absolute atomic E-state index is 0.215. The van der Waals surface area contributed by atoms with Crippen LogP contribution < -0.4 is 10.1 Å². The number of anilines is 1. The normalized spacial score (nSPS) is 13.5. The Bertz CT molecular complexity index is 625. The van der Waals surface area contributed by atoms with Crippen molar-refractivity contribution in [3.8, 4) is 5.75 Å². The van der Waals surface area contributed by atoms with Gasteiger partial charge in [-0.15, -0.1) is 0 Å². The van der Waals surface area contributed by atoms with Gasteiger partial charge in [0.25, 0.3) is 5.91 Å².